The lowest BCUT2D eigenvalue weighted by Crippen LogP contribution is -2.71. The number of esters is 1. The van der Waals surface area contributed by atoms with Gasteiger partial charge in [-0.2, -0.15) is 0 Å². The minimum Gasteiger partial charge on any atom is -0.493 e. The molecule has 7 heterocycles. The number of nitrogens with one attached hydrogen (secondary N) is 1. The second-order valence-electron chi connectivity index (χ2n) is 16.6. The molecule has 2 aromatic heterocycles. The quantitative estimate of drug-likeness (QED) is 0.0487. The molecule has 10 rings (SSSR count). The maximum Gasteiger partial charge on any atom is 0.317 e. The molecule has 5 aromatic rings. The van der Waals surface area contributed by atoms with E-state index in [0.717, 1.165) is 33.2 Å². The number of nitrogens with zero attached hydrogens (tertiary/aromatic N) is 1. The van der Waals surface area contributed by atoms with E-state index in [1.165, 1.54) is 0 Å². The number of fused-ring (bicyclic) bond motifs is 5. The van der Waals surface area contributed by atoms with Crippen LogP contribution in [0.3, 0.4) is 0 Å². The third-order valence-corrected chi connectivity index (χ3v) is 12.8. The molecular weight excluding hydrogens is 817 g/mol. The molecule has 10 unspecified atom stereocenters. The van der Waals surface area contributed by atoms with Crippen LogP contribution in [0.15, 0.2) is 73.2 Å². The minimum absolute atomic E-state index is 0.128. The summed E-state index contributed by atoms with van der Waals surface area (Å²) < 4.78 is 46.7. The Bertz CT molecular complexity index is 2620. The van der Waals surface area contributed by atoms with Gasteiger partial charge in [0.05, 0.1) is 37.2 Å². The number of hydrogen-bond acceptors (Lipinski definition) is 14. The summed E-state index contributed by atoms with van der Waals surface area (Å²) in [6.07, 6.45) is -6.28. The summed E-state index contributed by atoms with van der Waals surface area (Å²) in [5.41, 5.74) is 14.7. The predicted molar refractivity (Wildman–Crippen MR) is 221 cm³/mol. The number of aliphatic hydroxyl groups excluding tert-OH is 2. The number of H-pyrrole nitrogens is 1. The number of ether oxygens (including phenoxy) is 7. The summed E-state index contributed by atoms with van der Waals surface area (Å²) >= 11 is 0. The van der Waals surface area contributed by atoms with Gasteiger partial charge in [0.1, 0.15) is 48.4 Å². The van der Waals surface area contributed by atoms with Crippen molar-refractivity contribution in [3.8, 4) is 40.6 Å². The number of aliphatic hydroxyl groups is 3. The van der Waals surface area contributed by atoms with Gasteiger partial charge in [-0.3, -0.25) is 9.59 Å². The molecule has 4 bridgehead atoms. The molecule has 17 nitrogen and oxygen atoms in total. The van der Waals surface area contributed by atoms with Crippen molar-refractivity contribution < 1.29 is 63.2 Å². The molecule has 10 atom stereocenters. The Morgan fingerprint density at radius 2 is 1.87 bits per heavy atom. The first-order valence-corrected chi connectivity index (χ1v) is 20.8. The topological polar surface area (TPSA) is 252 Å². The maximum atomic E-state index is 12.5. The Morgan fingerprint density at radius 3 is 2.63 bits per heavy atom. The third kappa shape index (κ3) is 6.90. The molecule has 0 amide bonds. The second kappa shape index (κ2) is 15.8. The number of benzene rings is 3. The molecule has 3 aromatic carbocycles. The van der Waals surface area contributed by atoms with Gasteiger partial charge in [-0.1, -0.05) is 48.2 Å². The van der Waals surface area contributed by atoms with Crippen LogP contribution in [-0.2, 0) is 32.0 Å². The zero-order valence-electron chi connectivity index (χ0n) is 34.0. The van der Waals surface area contributed by atoms with E-state index in [4.69, 9.17) is 44.6 Å². The lowest BCUT2D eigenvalue weighted by atomic mass is 9.75. The number of hydrogen-bond donors (Lipinski definition) is 7. The highest BCUT2D eigenvalue weighted by atomic mass is 16.7. The fourth-order valence-corrected chi connectivity index (χ4v) is 9.82. The average molecular weight is 863 g/mol. The minimum atomic E-state index is -2.22. The normalized spacial score (nSPS) is 28.2. The van der Waals surface area contributed by atoms with Crippen LogP contribution < -0.4 is 35.2 Å². The molecule has 1 saturated heterocycles. The number of carboxylic acid groups (broad SMARTS) is 1. The second-order valence-corrected chi connectivity index (χ2v) is 16.6. The van der Waals surface area contributed by atoms with Crippen LogP contribution in [0.4, 0.5) is 0 Å². The van der Waals surface area contributed by atoms with Gasteiger partial charge in [0, 0.05) is 59.7 Å². The van der Waals surface area contributed by atoms with Crippen molar-refractivity contribution in [1.82, 2.24) is 9.55 Å². The van der Waals surface area contributed by atoms with E-state index in [0.29, 0.717) is 48.1 Å². The molecule has 0 radical (unpaired) electrons. The molecule has 17 heteroatoms. The van der Waals surface area contributed by atoms with Crippen LogP contribution in [0.25, 0.3) is 10.9 Å². The molecule has 0 spiro atoms. The first-order valence-electron chi connectivity index (χ1n) is 20.8. The molecular formula is C46H46N4O13. The molecule has 5 aliphatic heterocycles. The van der Waals surface area contributed by atoms with Crippen LogP contribution in [0.1, 0.15) is 65.0 Å². The fourth-order valence-electron chi connectivity index (χ4n) is 9.82. The largest absolute Gasteiger partial charge is 0.493 e. The number of aromatic amines is 1. The van der Waals surface area contributed by atoms with Gasteiger partial charge in [0.15, 0.2) is 23.2 Å². The SMILES string of the molecule is COc1ccc2c3c1OCCC#CC(c1ccccc1)C1Oc4cc5c(c(Cn6cc7cc[nH]c7c6)c4C(O3)C21)CCC1(O)C(O5)OC(C(OC(=O)CC(=O)O)C(N)N)C(O)C1O. The van der Waals surface area contributed by atoms with Crippen molar-refractivity contribution in [3.05, 3.63) is 101 Å². The molecule has 0 saturated carbocycles. The molecule has 9 N–H and O–H groups in total. The van der Waals surface area contributed by atoms with Gasteiger partial charge in [-0.25, -0.2) is 0 Å². The monoisotopic (exact) mass is 862 g/mol. The summed E-state index contributed by atoms with van der Waals surface area (Å²) in [5, 5.41) is 45.6. The van der Waals surface area contributed by atoms with Crippen LogP contribution in [0.2, 0.25) is 0 Å². The lowest BCUT2D eigenvalue weighted by Gasteiger charge is -2.48. The van der Waals surface area contributed by atoms with Gasteiger partial charge >= 0.3 is 11.9 Å². The number of carbonyl (C=O) groups excluding carboxylic acids is 1. The number of carbonyl (C=O) groups is 2. The Kier molecular flexibility index (Phi) is 10.2. The molecule has 63 heavy (non-hydrogen) atoms. The van der Waals surface area contributed by atoms with Gasteiger partial charge in [-0.05, 0) is 36.1 Å². The van der Waals surface area contributed by atoms with Gasteiger partial charge < -0.3 is 74.6 Å². The van der Waals surface area contributed by atoms with Crippen molar-refractivity contribution in [2.45, 2.75) is 98.7 Å². The van der Waals surface area contributed by atoms with Gasteiger partial charge in [0.2, 0.25) is 12.0 Å². The Balaban J connectivity index is 1.13. The van der Waals surface area contributed by atoms with Crippen LogP contribution in [-0.4, -0.2) is 104 Å². The number of carboxylic acids is 1. The summed E-state index contributed by atoms with van der Waals surface area (Å²) in [4.78, 5) is 27.1. The van der Waals surface area contributed by atoms with Crippen LogP contribution in [0.5, 0.6) is 28.7 Å². The first kappa shape index (κ1) is 40.8. The van der Waals surface area contributed by atoms with Gasteiger partial charge in [-0.15, -0.1) is 0 Å². The van der Waals surface area contributed by atoms with E-state index in [2.05, 4.69) is 16.8 Å². The lowest BCUT2D eigenvalue weighted by molar-refractivity contribution is -0.329. The number of methoxy groups -OCH3 is 1. The summed E-state index contributed by atoms with van der Waals surface area (Å²) in [5.74, 6) is 5.56. The van der Waals surface area contributed by atoms with Crippen molar-refractivity contribution in [3.63, 3.8) is 0 Å². The van der Waals surface area contributed by atoms with Crippen molar-refractivity contribution in [2.24, 2.45) is 11.5 Å². The Hall–Kier alpha value is -6.26. The van der Waals surface area contributed by atoms with Crippen LogP contribution in [0, 0.1) is 11.8 Å². The van der Waals surface area contributed by atoms with Crippen LogP contribution >= 0.6 is 0 Å². The summed E-state index contributed by atoms with van der Waals surface area (Å²) in [6.45, 7) is 0.597. The average Bonchev–Trinajstić information content (AvgIpc) is 3.95. The van der Waals surface area contributed by atoms with E-state index in [-0.39, 0.29) is 18.6 Å². The number of rotatable bonds is 9. The zero-order valence-corrected chi connectivity index (χ0v) is 34.0. The number of aliphatic carboxylic acids is 1. The number of nitrogens with two attached hydrogens (primary N) is 2. The Morgan fingerprint density at radius 1 is 1.05 bits per heavy atom. The molecule has 0 aliphatic carbocycles. The Labute approximate surface area is 360 Å². The predicted octanol–water partition coefficient (Wildman–Crippen LogP) is 2.71. The number of aromatic nitrogens is 2. The van der Waals surface area contributed by atoms with E-state index < -0.39 is 84.9 Å². The first-order chi connectivity index (χ1) is 30.4. The standard InChI is InChI=1S/C46H46N4O13/c1-57-29-11-10-26-35-37-24(22-7-3-2-4-8-22)9-5-6-16-58-39(29)38(26)62-40(35)34-27(20-50-19-23-13-15-49-28(23)21-50)25-12-14-46(56)43(55)36(54)41(42(44(47)48)61-33(53)18-32(51)52)63-45(46)60-30(25)17-31(34)59-37/h2-4,7-8,10-11,13,15,17,19,21,24,35-37,40-45,49,54-56H,6,12,14,16,18,20,47-48H2,1H3,(H,51,52). The zero-order chi connectivity index (χ0) is 43.7. The fraction of sp³-hybridized carbons (Fsp3) is 0.391. The van der Waals surface area contributed by atoms with E-state index in [9.17, 15) is 30.0 Å². The maximum absolute atomic E-state index is 12.5. The smallest absolute Gasteiger partial charge is 0.317 e. The van der Waals surface area contributed by atoms with E-state index >= 15 is 0 Å². The third-order valence-electron chi connectivity index (χ3n) is 12.8. The molecule has 1 fully saturated rings. The highest BCUT2D eigenvalue weighted by Crippen LogP contribution is 2.61. The van der Waals surface area contributed by atoms with Crippen molar-refractivity contribution in [2.75, 3.05) is 13.7 Å². The molecule has 328 valence electrons. The highest BCUT2D eigenvalue weighted by Gasteiger charge is 2.60. The van der Waals surface area contributed by atoms with Crippen molar-refractivity contribution >= 4 is 22.8 Å². The summed E-state index contributed by atoms with van der Waals surface area (Å²) in [7, 11) is 1.58. The van der Waals surface area contributed by atoms with E-state index in [1.807, 2.05) is 71.7 Å². The molecule has 5 aliphatic rings. The highest BCUT2D eigenvalue weighted by molar-refractivity contribution is 5.90. The van der Waals surface area contributed by atoms with E-state index in [1.54, 1.807) is 13.2 Å². The van der Waals surface area contributed by atoms with Crippen molar-refractivity contribution in [1.29, 1.82) is 0 Å². The summed E-state index contributed by atoms with van der Waals surface area (Å²) in [6, 6.07) is 17.5. The van der Waals surface area contributed by atoms with Gasteiger partial charge in [0.25, 0.3) is 0 Å².